The van der Waals surface area contributed by atoms with Crippen LogP contribution in [0, 0.1) is 6.92 Å². The van der Waals surface area contributed by atoms with Crippen molar-refractivity contribution in [2.24, 2.45) is 0 Å². The fraction of sp³-hybridized carbons (Fsp3) is 0.214. The Morgan fingerprint density at radius 2 is 2.09 bits per heavy atom. The third-order valence-electron chi connectivity index (χ3n) is 2.79. The van der Waals surface area contributed by atoms with Crippen molar-refractivity contribution in [2.45, 2.75) is 19.7 Å². The van der Waals surface area contributed by atoms with Gasteiger partial charge in [-0.3, -0.25) is 0 Å². The maximum absolute atomic E-state index is 12.6. The monoisotopic (exact) mass is 312 g/mol. The summed E-state index contributed by atoms with van der Waals surface area (Å²) in [6.07, 6.45) is -3.31. The topological polar surface area (TPSA) is 72.3 Å². The highest BCUT2D eigenvalue weighted by Gasteiger charge is 2.30. The van der Waals surface area contributed by atoms with E-state index in [1.165, 1.54) is 19.1 Å². The number of halogens is 3. The SMILES string of the molecule is Cc1nc(COc2cccc(C(F)(F)F)c2)ncc1C(=O)O. The van der Waals surface area contributed by atoms with Crippen LogP contribution in [0.1, 0.15) is 27.4 Å². The van der Waals surface area contributed by atoms with Crippen LogP contribution in [0.15, 0.2) is 30.5 Å². The van der Waals surface area contributed by atoms with Gasteiger partial charge in [0.2, 0.25) is 0 Å². The van der Waals surface area contributed by atoms with E-state index in [1.54, 1.807) is 0 Å². The summed E-state index contributed by atoms with van der Waals surface area (Å²) in [4.78, 5) is 18.6. The molecule has 0 saturated heterocycles. The molecule has 0 bridgehead atoms. The van der Waals surface area contributed by atoms with Gasteiger partial charge in [0, 0.05) is 6.20 Å². The number of aromatic nitrogens is 2. The predicted octanol–water partition coefficient (Wildman–Crippen LogP) is 3.08. The van der Waals surface area contributed by atoms with Gasteiger partial charge in [0.05, 0.1) is 16.8 Å². The number of carboxylic acid groups (broad SMARTS) is 1. The first-order valence-corrected chi connectivity index (χ1v) is 6.13. The molecule has 0 aliphatic heterocycles. The summed E-state index contributed by atoms with van der Waals surface area (Å²) in [5.41, 5.74) is -0.601. The number of hydrogen-bond donors (Lipinski definition) is 1. The molecule has 116 valence electrons. The minimum atomic E-state index is -4.45. The van der Waals surface area contributed by atoms with Gasteiger partial charge in [-0.2, -0.15) is 13.2 Å². The maximum Gasteiger partial charge on any atom is 0.416 e. The summed E-state index contributed by atoms with van der Waals surface area (Å²) in [5.74, 6) is -0.943. The molecule has 0 unspecified atom stereocenters. The fourth-order valence-electron chi connectivity index (χ4n) is 1.70. The Balaban J connectivity index is 2.10. The largest absolute Gasteiger partial charge is 0.486 e. The van der Waals surface area contributed by atoms with E-state index in [0.29, 0.717) is 0 Å². The molecule has 1 aromatic heterocycles. The smallest absolute Gasteiger partial charge is 0.416 e. The second-order valence-electron chi connectivity index (χ2n) is 4.40. The highest BCUT2D eigenvalue weighted by Crippen LogP contribution is 2.31. The van der Waals surface area contributed by atoms with Crippen molar-refractivity contribution in [3.8, 4) is 5.75 Å². The second kappa shape index (κ2) is 6.00. The Kier molecular flexibility index (Phi) is 4.30. The number of carboxylic acids is 1. The van der Waals surface area contributed by atoms with Crippen molar-refractivity contribution in [1.82, 2.24) is 9.97 Å². The molecule has 0 spiro atoms. The molecule has 0 radical (unpaired) electrons. The zero-order valence-corrected chi connectivity index (χ0v) is 11.4. The van der Waals surface area contributed by atoms with Crippen molar-refractivity contribution in [3.05, 3.63) is 53.1 Å². The van der Waals surface area contributed by atoms with E-state index in [0.717, 1.165) is 18.3 Å². The van der Waals surface area contributed by atoms with Crippen LogP contribution in [-0.4, -0.2) is 21.0 Å². The Morgan fingerprint density at radius 3 is 2.68 bits per heavy atom. The number of carbonyl (C=O) groups is 1. The molecule has 0 saturated carbocycles. The van der Waals surface area contributed by atoms with Gasteiger partial charge in [-0.05, 0) is 25.1 Å². The third kappa shape index (κ3) is 3.72. The molecular formula is C14H11F3N2O3. The van der Waals surface area contributed by atoms with Gasteiger partial charge >= 0.3 is 12.1 Å². The van der Waals surface area contributed by atoms with Crippen LogP contribution < -0.4 is 4.74 Å². The zero-order valence-electron chi connectivity index (χ0n) is 11.4. The van der Waals surface area contributed by atoms with E-state index in [4.69, 9.17) is 9.84 Å². The molecule has 0 fully saturated rings. The van der Waals surface area contributed by atoms with Gasteiger partial charge in [0.1, 0.15) is 12.4 Å². The average molecular weight is 312 g/mol. The molecule has 2 rings (SSSR count). The first-order valence-electron chi connectivity index (χ1n) is 6.13. The molecule has 0 aliphatic carbocycles. The number of benzene rings is 1. The minimum absolute atomic E-state index is 0.0263. The fourth-order valence-corrected chi connectivity index (χ4v) is 1.70. The summed E-state index contributed by atoms with van der Waals surface area (Å²) in [7, 11) is 0. The Hall–Kier alpha value is -2.64. The Labute approximate surface area is 123 Å². The predicted molar refractivity (Wildman–Crippen MR) is 69.5 cm³/mol. The molecule has 1 heterocycles. The summed E-state index contributed by atoms with van der Waals surface area (Å²) in [6.45, 7) is 1.33. The van der Waals surface area contributed by atoms with Crippen molar-refractivity contribution in [2.75, 3.05) is 0 Å². The van der Waals surface area contributed by atoms with Crippen molar-refractivity contribution < 1.29 is 27.8 Å². The highest BCUT2D eigenvalue weighted by molar-refractivity contribution is 5.88. The van der Waals surface area contributed by atoms with Crippen LogP contribution >= 0.6 is 0 Å². The van der Waals surface area contributed by atoms with Crippen molar-refractivity contribution >= 4 is 5.97 Å². The number of hydrogen-bond acceptors (Lipinski definition) is 4. The van der Waals surface area contributed by atoms with Crippen LogP contribution in [0.2, 0.25) is 0 Å². The Morgan fingerprint density at radius 1 is 1.36 bits per heavy atom. The minimum Gasteiger partial charge on any atom is -0.486 e. The molecule has 0 amide bonds. The average Bonchev–Trinajstić information content (AvgIpc) is 2.44. The lowest BCUT2D eigenvalue weighted by Crippen LogP contribution is -2.09. The van der Waals surface area contributed by atoms with Crippen LogP contribution in [0.3, 0.4) is 0 Å². The first kappa shape index (κ1) is 15.7. The number of rotatable bonds is 4. The lowest BCUT2D eigenvalue weighted by molar-refractivity contribution is -0.137. The molecular weight excluding hydrogens is 301 g/mol. The number of nitrogens with zero attached hydrogens (tertiary/aromatic N) is 2. The number of aryl methyl sites for hydroxylation is 1. The second-order valence-corrected chi connectivity index (χ2v) is 4.40. The van der Waals surface area contributed by atoms with Crippen molar-refractivity contribution in [1.29, 1.82) is 0 Å². The molecule has 0 aliphatic rings. The standard InChI is InChI=1S/C14H11F3N2O3/c1-8-11(13(20)21)6-18-12(19-8)7-22-10-4-2-3-9(5-10)14(15,16)17/h2-6H,7H2,1H3,(H,20,21). The molecule has 22 heavy (non-hydrogen) atoms. The summed E-state index contributed by atoms with van der Waals surface area (Å²) in [5, 5.41) is 8.85. The molecule has 1 aromatic carbocycles. The molecule has 1 N–H and O–H groups in total. The van der Waals surface area contributed by atoms with E-state index >= 15 is 0 Å². The summed E-state index contributed by atoms with van der Waals surface area (Å²) >= 11 is 0. The van der Waals surface area contributed by atoms with Gasteiger partial charge in [-0.1, -0.05) is 6.07 Å². The van der Waals surface area contributed by atoms with Gasteiger partial charge < -0.3 is 9.84 Å². The van der Waals surface area contributed by atoms with Gasteiger partial charge in [0.15, 0.2) is 5.82 Å². The zero-order chi connectivity index (χ0) is 16.3. The van der Waals surface area contributed by atoms with E-state index < -0.39 is 17.7 Å². The molecule has 8 heteroatoms. The van der Waals surface area contributed by atoms with E-state index in [9.17, 15) is 18.0 Å². The van der Waals surface area contributed by atoms with Gasteiger partial charge in [-0.15, -0.1) is 0 Å². The van der Waals surface area contributed by atoms with Crippen LogP contribution in [0.5, 0.6) is 5.75 Å². The quantitative estimate of drug-likeness (QED) is 0.939. The normalized spacial score (nSPS) is 11.3. The van der Waals surface area contributed by atoms with Crippen LogP contribution in [0.4, 0.5) is 13.2 Å². The number of alkyl halides is 3. The molecule has 2 aromatic rings. The highest BCUT2D eigenvalue weighted by atomic mass is 19.4. The third-order valence-corrected chi connectivity index (χ3v) is 2.79. The van der Waals surface area contributed by atoms with Gasteiger partial charge in [-0.25, -0.2) is 14.8 Å². The number of ether oxygens (including phenoxy) is 1. The van der Waals surface area contributed by atoms with E-state index in [1.807, 2.05) is 0 Å². The van der Waals surface area contributed by atoms with Gasteiger partial charge in [0.25, 0.3) is 0 Å². The van der Waals surface area contributed by atoms with Crippen LogP contribution in [-0.2, 0) is 12.8 Å². The van der Waals surface area contributed by atoms with E-state index in [2.05, 4.69) is 9.97 Å². The van der Waals surface area contributed by atoms with Crippen molar-refractivity contribution in [3.63, 3.8) is 0 Å². The molecule has 5 nitrogen and oxygen atoms in total. The first-order chi connectivity index (χ1) is 10.3. The summed E-state index contributed by atoms with van der Waals surface area (Å²) < 4.78 is 42.9. The number of aromatic carboxylic acids is 1. The summed E-state index contributed by atoms with van der Waals surface area (Å²) in [6, 6.07) is 4.43. The molecule has 0 atom stereocenters. The van der Waals surface area contributed by atoms with E-state index in [-0.39, 0.29) is 29.4 Å². The van der Waals surface area contributed by atoms with Crippen LogP contribution in [0.25, 0.3) is 0 Å². The Bertz CT molecular complexity index is 702. The maximum atomic E-state index is 12.6. The lowest BCUT2D eigenvalue weighted by atomic mass is 10.2. The lowest BCUT2D eigenvalue weighted by Gasteiger charge is -2.10.